The van der Waals surface area contributed by atoms with E-state index in [4.69, 9.17) is 9.84 Å². The van der Waals surface area contributed by atoms with E-state index in [1.165, 1.54) is 18.2 Å². The summed E-state index contributed by atoms with van der Waals surface area (Å²) in [5.41, 5.74) is -0.211. The fourth-order valence-electron chi connectivity index (χ4n) is 1.45. The summed E-state index contributed by atoms with van der Waals surface area (Å²) in [5.74, 6) is -0.877. The Hall–Kier alpha value is -3.23. The quantitative estimate of drug-likeness (QED) is 0.661. The zero-order chi connectivity index (χ0) is 15.4. The molecule has 2 N–H and O–H groups in total. The second-order valence-electron chi connectivity index (χ2n) is 3.78. The third-order valence-electron chi connectivity index (χ3n) is 2.33. The lowest BCUT2D eigenvalue weighted by atomic mass is 10.3. The van der Waals surface area contributed by atoms with Gasteiger partial charge in [-0.3, -0.25) is 5.32 Å². The van der Waals surface area contributed by atoms with E-state index in [-0.39, 0.29) is 23.0 Å². The number of rotatable bonds is 4. The summed E-state index contributed by atoms with van der Waals surface area (Å²) in [6, 6.07) is 5.97. The number of carbonyl (C=O) groups is 1. The summed E-state index contributed by atoms with van der Waals surface area (Å²) in [4.78, 5) is 23.7. The van der Waals surface area contributed by atoms with Crippen LogP contribution in [-0.2, 0) is 0 Å². The van der Waals surface area contributed by atoms with Crippen molar-refractivity contribution in [1.29, 1.82) is 0 Å². The lowest BCUT2D eigenvalue weighted by Crippen LogP contribution is -2.08. The minimum absolute atomic E-state index is 0.0964. The maximum absolute atomic E-state index is 13.6. The Morgan fingerprint density at radius 3 is 2.57 bits per heavy atom. The maximum Gasteiger partial charge on any atom is 0.409 e. The first kappa shape index (κ1) is 14.2. The van der Waals surface area contributed by atoms with Crippen LogP contribution in [0.3, 0.4) is 0 Å². The van der Waals surface area contributed by atoms with E-state index in [1.54, 1.807) is 0 Å². The summed E-state index contributed by atoms with van der Waals surface area (Å²) in [7, 11) is 0. The molecule has 1 heterocycles. The van der Waals surface area contributed by atoms with Crippen molar-refractivity contribution in [1.82, 2.24) is 4.98 Å². The molecule has 0 fully saturated rings. The Bertz CT molecular complexity index is 690. The zero-order valence-corrected chi connectivity index (χ0v) is 10.3. The number of amides is 1. The summed E-state index contributed by atoms with van der Waals surface area (Å²) < 4.78 is 18.8. The average Bonchev–Trinajstić information content (AvgIpc) is 2.42. The highest BCUT2D eigenvalue weighted by atomic mass is 19.1. The van der Waals surface area contributed by atoms with Gasteiger partial charge in [-0.05, 0) is 28.1 Å². The normalized spacial score (nSPS) is 9.95. The van der Waals surface area contributed by atoms with Gasteiger partial charge >= 0.3 is 11.9 Å². The first-order valence-corrected chi connectivity index (χ1v) is 5.53. The number of aromatic nitrogens is 1. The van der Waals surface area contributed by atoms with Gasteiger partial charge in [-0.25, -0.2) is 9.18 Å². The predicted octanol–water partition coefficient (Wildman–Crippen LogP) is 3.01. The molecule has 0 aliphatic heterocycles. The summed E-state index contributed by atoms with van der Waals surface area (Å²) in [5, 5.41) is 20.8. The molecule has 0 aliphatic rings. The second-order valence-corrected chi connectivity index (χ2v) is 3.78. The van der Waals surface area contributed by atoms with Crippen molar-refractivity contribution in [2.45, 2.75) is 0 Å². The van der Waals surface area contributed by atoms with Gasteiger partial charge in [0.25, 0.3) is 0 Å². The Balaban J connectivity index is 2.14. The third-order valence-corrected chi connectivity index (χ3v) is 2.33. The van der Waals surface area contributed by atoms with Gasteiger partial charge in [-0.2, -0.15) is 0 Å². The number of hydrogen-bond acceptors (Lipinski definition) is 5. The molecule has 21 heavy (non-hydrogen) atoms. The Labute approximate surface area is 117 Å². The molecule has 0 aliphatic carbocycles. The zero-order valence-electron chi connectivity index (χ0n) is 10.3. The Kier molecular flexibility index (Phi) is 3.93. The molecule has 1 aromatic heterocycles. The van der Waals surface area contributed by atoms with E-state index < -0.39 is 16.8 Å². The van der Waals surface area contributed by atoms with E-state index in [2.05, 4.69) is 4.98 Å². The van der Waals surface area contributed by atoms with Crippen LogP contribution in [0.2, 0.25) is 0 Å². The highest BCUT2D eigenvalue weighted by molar-refractivity contribution is 5.83. The molecular formula is C12H8FN3O5. The van der Waals surface area contributed by atoms with Gasteiger partial charge in [0.15, 0.2) is 17.8 Å². The first-order chi connectivity index (χ1) is 9.95. The van der Waals surface area contributed by atoms with Crippen molar-refractivity contribution < 1.29 is 24.0 Å². The standard InChI is InChI=1S/C12H8FN3O5/c13-9-5-7(1-3-10(9)15-12(17)18)21-8-2-4-11(14-6-8)16(19)20/h1-6,15H,(H,17,18). The van der Waals surface area contributed by atoms with Gasteiger partial charge in [-0.1, -0.05) is 0 Å². The van der Waals surface area contributed by atoms with Crippen molar-refractivity contribution in [2.75, 3.05) is 5.32 Å². The van der Waals surface area contributed by atoms with E-state index in [0.717, 1.165) is 18.3 Å². The monoisotopic (exact) mass is 293 g/mol. The lowest BCUT2D eigenvalue weighted by Gasteiger charge is -2.07. The van der Waals surface area contributed by atoms with Crippen LogP contribution < -0.4 is 10.1 Å². The van der Waals surface area contributed by atoms with Crippen molar-refractivity contribution in [3.05, 3.63) is 52.5 Å². The molecule has 108 valence electrons. The number of hydrogen-bond donors (Lipinski definition) is 2. The van der Waals surface area contributed by atoms with E-state index in [0.29, 0.717) is 0 Å². The molecule has 0 radical (unpaired) electrons. The third kappa shape index (κ3) is 3.62. The molecule has 0 bridgehead atoms. The number of ether oxygens (including phenoxy) is 1. The fourth-order valence-corrected chi connectivity index (χ4v) is 1.45. The molecule has 9 heteroatoms. The first-order valence-electron chi connectivity index (χ1n) is 5.53. The molecule has 0 unspecified atom stereocenters. The SMILES string of the molecule is O=C(O)Nc1ccc(Oc2ccc([N+](=O)[O-])nc2)cc1F. The van der Waals surface area contributed by atoms with E-state index >= 15 is 0 Å². The molecule has 0 spiro atoms. The maximum atomic E-state index is 13.6. The molecule has 2 aromatic rings. The topological polar surface area (TPSA) is 115 Å². The predicted molar refractivity (Wildman–Crippen MR) is 69.0 cm³/mol. The van der Waals surface area contributed by atoms with Gasteiger partial charge in [0, 0.05) is 12.1 Å². The van der Waals surface area contributed by atoms with Gasteiger partial charge in [0.1, 0.15) is 5.75 Å². The van der Waals surface area contributed by atoms with Crippen molar-refractivity contribution >= 4 is 17.6 Å². The van der Waals surface area contributed by atoms with Gasteiger partial charge in [-0.15, -0.1) is 0 Å². The number of pyridine rings is 1. The van der Waals surface area contributed by atoms with Crippen LogP contribution in [0, 0.1) is 15.9 Å². The van der Waals surface area contributed by atoms with Crippen LogP contribution in [0.25, 0.3) is 0 Å². The van der Waals surface area contributed by atoms with Crippen LogP contribution in [0.5, 0.6) is 11.5 Å². The number of carboxylic acid groups (broad SMARTS) is 1. The van der Waals surface area contributed by atoms with Crippen molar-refractivity contribution in [2.24, 2.45) is 0 Å². The van der Waals surface area contributed by atoms with Crippen molar-refractivity contribution in [3.63, 3.8) is 0 Å². The molecular weight excluding hydrogens is 285 g/mol. The highest BCUT2D eigenvalue weighted by Crippen LogP contribution is 2.25. The average molecular weight is 293 g/mol. The van der Waals surface area contributed by atoms with Gasteiger partial charge in [0.05, 0.1) is 5.69 Å². The van der Waals surface area contributed by atoms with Gasteiger partial charge in [0.2, 0.25) is 0 Å². The molecule has 8 nitrogen and oxygen atoms in total. The number of nitrogens with one attached hydrogen (secondary N) is 1. The molecule has 2 rings (SSSR count). The lowest BCUT2D eigenvalue weighted by molar-refractivity contribution is -0.389. The van der Waals surface area contributed by atoms with E-state index in [1.807, 2.05) is 5.32 Å². The van der Waals surface area contributed by atoms with Crippen LogP contribution in [-0.4, -0.2) is 21.1 Å². The summed E-state index contributed by atoms with van der Waals surface area (Å²) in [6.07, 6.45) is -0.262. The highest BCUT2D eigenvalue weighted by Gasteiger charge is 2.10. The number of nitrogens with zero attached hydrogens (tertiary/aromatic N) is 2. The second kappa shape index (κ2) is 5.82. The minimum Gasteiger partial charge on any atom is -0.465 e. The smallest absolute Gasteiger partial charge is 0.409 e. The molecule has 0 atom stereocenters. The fraction of sp³-hybridized carbons (Fsp3) is 0. The van der Waals surface area contributed by atoms with Crippen LogP contribution in [0.15, 0.2) is 36.5 Å². The molecule has 1 amide bonds. The Morgan fingerprint density at radius 1 is 1.33 bits per heavy atom. The number of benzene rings is 1. The van der Waals surface area contributed by atoms with Crippen LogP contribution in [0.4, 0.5) is 20.7 Å². The number of nitro groups is 1. The summed E-state index contributed by atoms with van der Waals surface area (Å²) in [6.45, 7) is 0. The van der Waals surface area contributed by atoms with Gasteiger partial charge < -0.3 is 20.0 Å². The molecule has 0 saturated carbocycles. The molecule has 0 saturated heterocycles. The van der Waals surface area contributed by atoms with Crippen molar-refractivity contribution in [3.8, 4) is 11.5 Å². The van der Waals surface area contributed by atoms with Crippen LogP contribution in [0.1, 0.15) is 0 Å². The Morgan fingerprint density at radius 2 is 2.05 bits per heavy atom. The summed E-state index contributed by atoms with van der Waals surface area (Å²) >= 11 is 0. The minimum atomic E-state index is -1.39. The van der Waals surface area contributed by atoms with Crippen LogP contribution >= 0.6 is 0 Å². The molecule has 1 aromatic carbocycles. The van der Waals surface area contributed by atoms with E-state index in [9.17, 15) is 19.3 Å². The number of anilines is 1. The largest absolute Gasteiger partial charge is 0.465 e. The number of halogens is 1.